The molecule has 0 atom stereocenters. The predicted octanol–water partition coefficient (Wildman–Crippen LogP) is 11.4. The second-order valence-corrected chi connectivity index (χ2v) is 7.63. The van der Waals surface area contributed by atoms with Gasteiger partial charge in [0.2, 0.25) is 0 Å². The summed E-state index contributed by atoms with van der Waals surface area (Å²) >= 11 is 0. The van der Waals surface area contributed by atoms with Gasteiger partial charge >= 0.3 is 0 Å². The molecule has 0 aliphatic heterocycles. The van der Waals surface area contributed by atoms with Crippen molar-refractivity contribution >= 4 is 0 Å². The van der Waals surface area contributed by atoms with E-state index >= 15 is 0 Å². The van der Waals surface area contributed by atoms with Gasteiger partial charge in [-0.15, -0.1) is 0 Å². The maximum atomic E-state index is 3.85. The van der Waals surface area contributed by atoms with E-state index < -0.39 is 0 Å². The molecule has 0 saturated carbocycles. The van der Waals surface area contributed by atoms with Gasteiger partial charge in [-0.25, -0.2) is 0 Å². The van der Waals surface area contributed by atoms with Gasteiger partial charge in [0.25, 0.3) is 0 Å². The molecule has 0 fully saturated rings. The van der Waals surface area contributed by atoms with E-state index in [0.717, 1.165) is 12.8 Å². The van der Waals surface area contributed by atoms with Crippen LogP contribution in [-0.2, 0) is 6.42 Å². The van der Waals surface area contributed by atoms with Crippen LogP contribution in [0.2, 0.25) is 0 Å². The maximum Gasteiger partial charge on any atom is -0.00726 e. The number of hydrogen-bond donors (Lipinski definition) is 0. The number of unbranched alkanes of at least 4 members (excludes halogenated alkanes) is 1. The van der Waals surface area contributed by atoms with E-state index in [2.05, 4.69) is 105 Å². The molecule has 0 N–H and O–H groups in total. The molecule has 31 heavy (non-hydrogen) atoms. The Bertz CT molecular complexity index is 539. The van der Waals surface area contributed by atoms with Crippen molar-refractivity contribution in [3.05, 3.63) is 84.0 Å². The van der Waals surface area contributed by atoms with Crippen LogP contribution in [0, 0.1) is 5.92 Å². The summed E-state index contributed by atoms with van der Waals surface area (Å²) in [6.45, 7) is 27.0. The first kappa shape index (κ1) is 39.6. The lowest BCUT2D eigenvalue weighted by Gasteiger charge is -2.08. The molecule has 1 aromatic carbocycles. The van der Waals surface area contributed by atoms with Crippen molar-refractivity contribution in [1.29, 1.82) is 0 Å². The topological polar surface area (TPSA) is 0 Å². The summed E-state index contributed by atoms with van der Waals surface area (Å²) in [5.41, 5.74) is 5.24. The summed E-state index contributed by atoms with van der Waals surface area (Å²) in [6.07, 6.45) is 12.3. The zero-order valence-corrected chi connectivity index (χ0v) is 21.1. The first-order chi connectivity index (χ1) is 13.7. The van der Waals surface area contributed by atoms with Crippen molar-refractivity contribution in [2.75, 3.05) is 0 Å². The molecule has 0 aliphatic carbocycles. The summed E-state index contributed by atoms with van der Waals surface area (Å²) in [5, 5.41) is 0. The highest BCUT2D eigenvalue weighted by molar-refractivity contribution is 5.31. The second-order valence-electron chi connectivity index (χ2n) is 7.63. The molecule has 0 radical (unpaired) electrons. The average molecular weight is 431 g/mol. The summed E-state index contributed by atoms with van der Waals surface area (Å²) in [4.78, 5) is 0. The first-order valence-corrected chi connectivity index (χ1v) is 11.4. The van der Waals surface area contributed by atoms with Crippen molar-refractivity contribution in [1.82, 2.24) is 0 Å². The lowest BCUT2D eigenvalue weighted by Crippen LogP contribution is -1.92. The fourth-order valence-corrected chi connectivity index (χ4v) is 2.19. The van der Waals surface area contributed by atoms with Gasteiger partial charge in [0.05, 0.1) is 0 Å². The average Bonchev–Trinajstić information content (AvgIpc) is 2.68. The van der Waals surface area contributed by atoms with Crippen LogP contribution in [0.3, 0.4) is 0 Å². The zero-order chi connectivity index (χ0) is 23.1. The van der Waals surface area contributed by atoms with Crippen LogP contribution >= 0.6 is 0 Å². The number of rotatable bonds is 7. The predicted molar refractivity (Wildman–Crippen MR) is 152 cm³/mol. The Hall–Kier alpha value is -1.82. The van der Waals surface area contributed by atoms with Crippen LogP contribution in [-0.4, -0.2) is 0 Å². The minimum atomic E-state index is 0. The Morgan fingerprint density at radius 2 is 1.35 bits per heavy atom. The third-order valence-corrected chi connectivity index (χ3v) is 3.75. The summed E-state index contributed by atoms with van der Waals surface area (Å²) in [6, 6.07) is 10.4. The van der Waals surface area contributed by atoms with Crippen LogP contribution in [0.5, 0.6) is 0 Å². The number of benzene rings is 1. The van der Waals surface area contributed by atoms with E-state index in [1.54, 1.807) is 0 Å². The van der Waals surface area contributed by atoms with Gasteiger partial charge in [-0.1, -0.05) is 150 Å². The van der Waals surface area contributed by atoms with Crippen LogP contribution in [0.4, 0.5) is 0 Å². The molecule has 182 valence electrons. The number of allylic oxidation sites excluding steroid dienone is 6. The molecule has 0 aromatic heterocycles. The Morgan fingerprint density at radius 1 is 0.903 bits per heavy atom. The van der Waals surface area contributed by atoms with E-state index in [0.29, 0.717) is 5.92 Å². The van der Waals surface area contributed by atoms with Crippen LogP contribution in [0.1, 0.15) is 108 Å². The van der Waals surface area contributed by atoms with E-state index in [1.165, 1.54) is 41.5 Å². The van der Waals surface area contributed by atoms with Crippen molar-refractivity contribution in [2.24, 2.45) is 5.92 Å². The van der Waals surface area contributed by atoms with Crippen molar-refractivity contribution in [3.8, 4) is 0 Å². The van der Waals surface area contributed by atoms with Gasteiger partial charge in [-0.3, -0.25) is 0 Å². The molecule has 1 aromatic rings. The Balaban J connectivity index is -0.000000107. The molecular weight excluding hydrogens is 372 g/mol. The third-order valence-electron chi connectivity index (χ3n) is 3.75. The van der Waals surface area contributed by atoms with Gasteiger partial charge in [-0.2, -0.15) is 0 Å². The Kier molecular flexibility index (Phi) is 38.8. The third kappa shape index (κ3) is 30.5. The van der Waals surface area contributed by atoms with E-state index in [-0.39, 0.29) is 14.9 Å². The molecule has 0 bridgehead atoms. The van der Waals surface area contributed by atoms with Crippen LogP contribution in [0.15, 0.2) is 78.4 Å². The maximum absolute atomic E-state index is 3.85. The highest BCUT2D eigenvalue weighted by atomic mass is 14.1. The molecule has 0 aliphatic rings. The Morgan fingerprint density at radius 3 is 1.65 bits per heavy atom. The van der Waals surface area contributed by atoms with Crippen molar-refractivity contribution in [2.45, 2.75) is 109 Å². The molecule has 0 heterocycles. The zero-order valence-electron chi connectivity index (χ0n) is 21.1. The fraction of sp³-hybridized carbons (Fsp3) is 0.548. The second kappa shape index (κ2) is 30.4. The minimum Gasteiger partial charge on any atom is -0.0998 e. The van der Waals surface area contributed by atoms with Gasteiger partial charge in [-0.05, 0) is 49.3 Å². The quantitative estimate of drug-likeness (QED) is 0.298. The lowest BCUT2D eigenvalue weighted by molar-refractivity contribution is 0.784. The normalized spacial score (nSPS) is 9.87. The standard InChI is InChI=1S/C12H20.C10H12.C4H10.C3H8.2CH4/c1-6-8-9-11(5)12(7-2)10(3)4;1-9(2)8-10-6-4-3-5-7-10;1-3-4-2;1-3-2;;/h7-10H,2,6H2,1,3-5H3;3-7H,1,8H2,2H3;3-4H2,1-2H3;3H2,1-2H3;2*1H4/b9-8-,12-11+;;;;;. The fourth-order valence-electron chi connectivity index (χ4n) is 2.19. The first-order valence-electron chi connectivity index (χ1n) is 11.4. The van der Waals surface area contributed by atoms with Crippen molar-refractivity contribution < 1.29 is 0 Å². The molecule has 0 saturated heterocycles. The lowest BCUT2D eigenvalue weighted by atomic mass is 9.98. The molecule has 0 nitrogen and oxygen atoms in total. The van der Waals surface area contributed by atoms with Gasteiger partial charge in [0.1, 0.15) is 0 Å². The molecule has 1 rings (SSSR count). The van der Waals surface area contributed by atoms with Crippen molar-refractivity contribution in [3.63, 3.8) is 0 Å². The van der Waals surface area contributed by atoms with Gasteiger partial charge in [0.15, 0.2) is 0 Å². The smallest absolute Gasteiger partial charge is 0.00726 e. The molecule has 0 spiro atoms. The van der Waals surface area contributed by atoms with E-state index in [4.69, 9.17) is 0 Å². The van der Waals surface area contributed by atoms with Gasteiger partial charge in [0, 0.05) is 0 Å². The number of hydrogen-bond acceptors (Lipinski definition) is 0. The highest BCUT2D eigenvalue weighted by Crippen LogP contribution is 2.16. The van der Waals surface area contributed by atoms with E-state index in [9.17, 15) is 0 Å². The molecular formula is C31H58. The minimum absolute atomic E-state index is 0. The Labute approximate surface area is 199 Å². The summed E-state index contributed by atoms with van der Waals surface area (Å²) in [5.74, 6) is 0.573. The molecule has 0 heteroatoms. The summed E-state index contributed by atoms with van der Waals surface area (Å²) in [7, 11) is 0. The van der Waals surface area contributed by atoms with E-state index in [1.807, 2.05) is 19.1 Å². The highest BCUT2D eigenvalue weighted by Gasteiger charge is 2.00. The van der Waals surface area contributed by atoms with Crippen LogP contribution in [0.25, 0.3) is 0 Å². The SMILES string of the molecule is C.C.C=C(C)Cc1ccccc1.C=C/C(=C(C)\C=C/CC)C(C)C.CCC.CCCC. The summed E-state index contributed by atoms with van der Waals surface area (Å²) < 4.78 is 0. The van der Waals surface area contributed by atoms with Crippen LogP contribution < -0.4 is 0 Å². The van der Waals surface area contributed by atoms with Gasteiger partial charge < -0.3 is 0 Å². The molecule has 0 amide bonds. The molecule has 0 unspecified atom stereocenters. The largest absolute Gasteiger partial charge is 0.0998 e. The monoisotopic (exact) mass is 430 g/mol.